The summed E-state index contributed by atoms with van der Waals surface area (Å²) in [6.07, 6.45) is 6.18. The Balaban J connectivity index is 0.000000356. The number of nitro groups is 1. The van der Waals surface area contributed by atoms with Crippen molar-refractivity contribution in [1.29, 1.82) is 0 Å². The van der Waals surface area contributed by atoms with Crippen molar-refractivity contribution in [1.82, 2.24) is 4.90 Å². The number of carbonyl (C=O) groups is 2. The van der Waals surface area contributed by atoms with Crippen molar-refractivity contribution in [3.05, 3.63) is 87.0 Å². The van der Waals surface area contributed by atoms with Crippen molar-refractivity contribution in [2.75, 3.05) is 13.7 Å². The lowest BCUT2D eigenvalue weighted by Gasteiger charge is -2.30. The summed E-state index contributed by atoms with van der Waals surface area (Å²) in [6, 6.07) is 12.3. The van der Waals surface area contributed by atoms with Gasteiger partial charge in [-0.1, -0.05) is 61.9 Å². The molecular formula is C28H36N2O6. The molecule has 194 valence electrons. The zero-order valence-electron chi connectivity index (χ0n) is 21.9. The number of hydrogen-bond donors (Lipinski definition) is 0. The standard InChI is InChI=1S/C15H15NO4.C11H15NO2.C2H6/c1-11-8-14(19-2)15(9-13(11)16(17)18)20-10-12-6-4-3-5-7-12;1-3-4-10-6-12(8-14)11(7-13)5-9(10)2;1-2/h3-9H,10H2,1-2H3;3-4,7-8,11H,5-6H2,1-2H3;1-2H3/b;4-3-;. The highest BCUT2D eigenvalue weighted by Crippen LogP contribution is 2.34. The monoisotopic (exact) mass is 496 g/mol. The largest absolute Gasteiger partial charge is 0.493 e. The van der Waals surface area contributed by atoms with Crippen molar-refractivity contribution >= 4 is 18.4 Å². The summed E-state index contributed by atoms with van der Waals surface area (Å²) in [4.78, 5) is 33.5. The molecule has 3 rings (SSSR count). The molecule has 0 saturated heterocycles. The molecule has 0 saturated carbocycles. The Morgan fingerprint density at radius 1 is 1.11 bits per heavy atom. The van der Waals surface area contributed by atoms with Gasteiger partial charge in [-0.2, -0.15) is 0 Å². The van der Waals surface area contributed by atoms with Crippen LogP contribution in [0.15, 0.2) is 65.8 Å². The van der Waals surface area contributed by atoms with E-state index in [1.807, 2.05) is 70.2 Å². The van der Waals surface area contributed by atoms with Crippen LogP contribution < -0.4 is 9.47 Å². The van der Waals surface area contributed by atoms with E-state index in [4.69, 9.17) is 9.47 Å². The van der Waals surface area contributed by atoms with Gasteiger partial charge in [-0.05, 0) is 44.4 Å². The first-order valence-corrected chi connectivity index (χ1v) is 11.8. The van der Waals surface area contributed by atoms with E-state index in [9.17, 15) is 19.7 Å². The number of nitro benzene ring substituents is 1. The maximum absolute atomic E-state index is 11.0. The zero-order chi connectivity index (χ0) is 27.1. The van der Waals surface area contributed by atoms with Crippen molar-refractivity contribution in [3.63, 3.8) is 0 Å². The zero-order valence-corrected chi connectivity index (χ0v) is 21.9. The van der Waals surface area contributed by atoms with Crippen molar-refractivity contribution in [2.24, 2.45) is 0 Å². The van der Waals surface area contributed by atoms with E-state index in [2.05, 4.69) is 0 Å². The summed E-state index contributed by atoms with van der Waals surface area (Å²) in [7, 11) is 1.51. The van der Waals surface area contributed by atoms with Crippen molar-refractivity contribution in [3.8, 4) is 11.5 Å². The molecule has 36 heavy (non-hydrogen) atoms. The Kier molecular flexibility index (Phi) is 13.3. The molecule has 0 aliphatic carbocycles. The van der Waals surface area contributed by atoms with Crippen LogP contribution in [0.5, 0.6) is 11.5 Å². The van der Waals surface area contributed by atoms with E-state index >= 15 is 0 Å². The molecule has 1 aliphatic heterocycles. The third kappa shape index (κ3) is 8.69. The molecule has 2 aromatic rings. The molecule has 0 fully saturated rings. The third-order valence-corrected chi connectivity index (χ3v) is 5.42. The number of aryl methyl sites for hydroxylation is 1. The SMILES string of the molecule is C/C=C\C1=C(C)CC(C=O)N(C=O)C1.CC.COc1cc(C)c([N+](=O)[O-])cc1OCc1ccccc1. The lowest BCUT2D eigenvalue weighted by molar-refractivity contribution is -0.385. The van der Waals surface area contributed by atoms with E-state index < -0.39 is 4.92 Å². The van der Waals surface area contributed by atoms with Gasteiger partial charge >= 0.3 is 0 Å². The molecule has 1 heterocycles. The summed E-state index contributed by atoms with van der Waals surface area (Å²) >= 11 is 0. The van der Waals surface area contributed by atoms with Gasteiger partial charge in [0, 0.05) is 12.1 Å². The first-order valence-electron chi connectivity index (χ1n) is 11.8. The van der Waals surface area contributed by atoms with E-state index in [1.165, 1.54) is 23.6 Å². The van der Waals surface area contributed by atoms with Gasteiger partial charge in [-0.15, -0.1) is 0 Å². The van der Waals surface area contributed by atoms with E-state index in [0.717, 1.165) is 23.8 Å². The molecule has 1 amide bonds. The average molecular weight is 497 g/mol. The number of rotatable bonds is 8. The fourth-order valence-corrected chi connectivity index (χ4v) is 3.50. The fraction of sp³-hybridized carbons (Fsp3) is 0.357. The van der Waals surface area contributed by atoms with Gasteiger partial charge in [0.15, 0.2) is 11.5 Å². The maximum atomic E-state index is 11.0. The number of aldehydes is 1. The topological polar surface area (TPSA) is 99.0 Å². The summed E-state index contributed by atoms with van der Waals surface area (Å²) < 4.78 is 10.8. The van der Waals surface area contributed by atoms with Crippen LogP contribution in [0.1, 0.15) is 45.2 Å². The number of amides is 1. The molecule has 0 spiro atoms. The van der Waals surface area contributed by atoms with Crippen LogP contribution >= 0.6 is 0 Å². The molecule has 1 unspecified atom stereocenters. The van der Waals surface area contributed by atoms with E-state index in [1.54, 1.807) is 13.0 Å². The first kappa shape index (κ1) is 30.1. The van der Waals surface area contributed by atoms with Crippen LogP contribution in [0.2, 0.25) is 0 Å². The van der Waals surface area contributed by atoms with Crippen molar-refractivity contribution in [2.45, 2.75) is 53.7 Å². The lowest BCUT2D eigenvalue weighted by Crippen LogP contribution is -2.40. The molecule has 1 aliphatic rings. The van der Waals surface area contributed by atoms with Gasteiger partial charge in [0.25, 0.3) is 5.69 Å². The lowest BCUT2D eigenvalue weighted by atomic mass is 9.96. The molecule has 0 N–H and O–H groups in total. The highest BCUT2D eigenvalue weighted by atomic mass is 16.6. The number of benzene rings is 2. The Labute approximate surface area is 213 Å². The number of carbonyl (C=O) groups excluding carboxylic acids is 2. The Morgan fingerprint density at radius 2 is 1.78 bits per heavy atom. The van der Waals surface area contributed by atoms with Gasteiger partial charge < -0.3 is 19.2 Å². The van der Waals surface area contributed by atoms with Crippen LogP contribution in [-0.4, -0.2) is 42.2 Å². The summed E-state index contributed by atoms with van der Waals surface area (Å²) in [5, 5.41) is 11.0. The minimum atomic E-state index is -0.426. The predicted octanol–water partition coefficient (Wildman–Crippen LogP) is 5.83. The van der Waals surface area contributed by atoms with Crippen LogP contribution in [0.3, 0.4) is 0 Å². The van der Waals surface area contributed by atoms with Gasteiger partial charge in [0.05, 0.1) is 24.1 Å². The molecule has 0 aromatic heterocycles. The number of methoxy groups -OCH3 is 1. The van der Waals surface area contributed by atoms with Crippen LogP contribution in [-0.2, 0) is 16.2 Å². The summed E-state index contributed by atoms with van der Waals surface area (Å²) in [5.74, 6) is 0.859. The van der Waals surface area contributed by atoms with Crippen LogP contribution in [0.25, 0.3) is 0 Å². The van der Waals surface area contributed by atoms with Crippen LogP contribution in [0, 0.1) is 17.0 Å². The maximum Gasteiger partial charge on any atom is 0.276 e. The van der Waals surface area contributed by atoms with Gasteiger partial charge in [-0.25, -0.2) is 0 Å². The molecule has 0 bridgehead atoms. The smallest absolute Gasteiger partial charge is 0.276 e. The number of nitrogens with zero attached hydrogens (tertiary/aromatic N) is 2. The van der Waals surface area contributed by atoms with Gasteiger partial charge in [0.1, 0.15) is 12.9 Å². The highest BCUT2D eigenvalue weighted by molar-refractivity contribution is 5.66. The predicted molar refractivity (Wildman–Crippen MR) is 141 cm³/mol. The second-order valence-corrected chi connectivity index (χ2v) is 7.81. The number of ether oxygens (including phenoxy) is 2. The minimum Gasteiger partial charge on any atom is -0.493 e. The average Bonchev–Trinajstić information content (AvgIpc) is 2.90. The Bertz CT molecular complexity index is 1060. The van der Waals surface area contributed by atoms with Crippen molar-refractivity contribution < 1.29 is 24.0 Å². The second-order valence-electron chi connectivity index (χ2n) is 7.81. The molecular weight excluding hydrogens is 460 g/mol. The molecule has 8 nitrogen and oxygen atoms in total. The fourth-order valence-electron chi connectivity index (χ4n) is 3.50. The molecule has 8 heteroatoms. The second kappa shape index (κ2) is 15.9. The molecule has 2 aromatic carbocycles. The Morgan fingerprint density at radius 3 is 2.31 bits per heavy atom. The quantitative estimate of drug-likeness (QED) is 0.259. The Hall–Kier alpha value is -3.94. The highest BCUT2D eigenvalue weighted by Gasteiger charge is 2.23. The minimum absolute atomic E-state index is 0.0221. The number of allylic oxidation sites excluding steroid dienone is 1. The first-order chi connectivity index (χ1) is 17.3. The normalized spacial score (nSPS) is 14.7. The molecule has 1 atom stereocenters. The summed E-state index contributed by atoms with van der Waals surface area (Å²) in [5.41, 5.74) is 3.88. The summed E-state index contributed by atoms with van der Waals surface area (Å²) in [6.45, 7) is 10.5. The van der Waals surface area contributed by atoms with E-state index in [-0.39, 0.29) is 11.7 Å². The van der Waals surface area contributed by atoms with Crippen LogP contribution in [0.4, 0.5) is 5.69 Å². The van der Waals surface area contributed by atoms with Gasteiger partial charge in [0.2, 0.25) is 6.41 Å². The molecule has 0 radical (unpaired) electrons. The third-order valence-electron chi connectivity index (χ3n) is 5.42. The number of hydrogen-bond acceptors (Lipinski definition) is 6. The van der Waals surface area contributed by atoms with Gasteiger partial charge in [-0.3, -0.25) is 14.9 Å². The van der Waals surface area contributed by atoms with E-state index in [0.29, 0.717) is 36.6 Å².